The largest absolute Gasteiger partial charge is 0.534 e. The van der Waals surface area contributed by atoms with Crippen LogP contribution in [0.15, 0.2) is 91.0 Å². The molecule has 33 heavy (non-hydrogen) atoms. The van der Waals surface area contributed by atoms with Gasteiger partial charge in [0.2, 0.25) is 0 Å². The minimum absolute atomic E-state index is 0.0766. The van der Waals surface area contributed by atoms with E-state index in [0.717, 1.165) is 31.3 Å². The van der Waals surface area contributed by atoms with Crippen molar-refractivity contribution in [3.8, 4) is 5.75 Å². The fraction of sp³-hybridized carbons (Fsp3) is 0.300. The Balaban J connectivity index is 1.85. The van der Waals surface area contributed by atoms with Crippen LogP contribution in [0.2, 0.25) is 5.04 Å². The lowest BCUT2D eigenvalue weighted by atomic mass is 9.71. The summed E-state index contributed by atoms with van der Waals surface area (Å²) in [5.41, 5.74) is 2.53. The molecule has 0 bridgehead atoms. The van der Waals surface area contributed by atoms with E-state index in [1.807, 2.05) is 0 Å². The molecule has 2 nitrogen and oxygen atoms in total. The number of hydrogen-bond acceptors (Lipinski definition) is 2. The predicted octanol–water partition coefficient (Wildman–Crippen LogP) is 5.97. The third-order valence-corrected chi connectivity index (χ3v) is 12.0. The monoisotopic (exact) mass is 454 g/mol. The molecule has 1 atom stereocenters. The number of hydrogen-bond donors (Lipinski definition) is 0. The highest BCUT2D eigenvalue weighted by molar-refractivity contribution is 7.00. The standard InChI is InChI=1S/C30H34O2Si/c1-29(2,3)33(26-14-7-5-8-15-26,27-16-9-6-10-17-27)32-25-18-19-28-24(23-25)13-11-20-30(28,4)21-12-22-31/h5-10,12,14-19,21-23H,11,13,20H2,1-4H3. The summed E-state index contributed by atoms with van der Waals surface area (Å²) < 4.78 is 7.22. The van der Waals surface area contributed by atoms with Gasteiger partial charge in [0.05, 0.1) is 0 Å². The van der Waals surface area contributed by atoms with E-state index in [4.69, 9.17) is 4.43 Å². The molecule has 4 rings (SSSR count). The SMILES string of the molecule is CC1(C=CC=O)CCCc2cc(O[Si](c3ccccc3)(c3ccccc3)C(C)(C)C)ccc21. The number of rotatable bonds is 6. The Hall–Kier alpha value is -2.91. The van der Waals surface area contributed by atoms with E-state index in [-0.39, 0.29) is 10.5 Å². The van der Waals surface area contributed by atoms with Crippen molar-refractivity contribution in [2.75, 3.05) is 0 Å². The van der Waals surface area contributed by atoms with Crippen molar-refractivity contribution < 1.29 is 9.22 Å². The molecule has 1 unspecified atom stereocenters. The van der Waals surface area contributed by atoms with E-state index in [1.54, 1.807) is 6.08 Å². The van der Waals surface area contributed by atoms with Crippen LogP contribution in [0.1, 0.15) is 51.7 Å². The van der Waals surface area contributed by atoms with Crippen LogP contribution < -0.4 is 14.8 Å². The van der Waals surface area contributed by atoms with Gasteiger partial charge in [0.1, 0.15) is 12.0 Å². The van der Waals surface area contributed by atoms with Gasteiger partial charge in [0, 0.05) is 5.41 Å². The summed E-state index contributed by atoms with van der Waals surface area (Å²) in [6.45, 7) is 9.14. The summed E-state index contributed by atoms with van der Waals surface area (Å²) in [7, 11) is -2.65. The predicted molar refractivity (Wildman–Crippen MR) is 140 cm³/mol. The molecule has 1 aliphatic rings. The van der Waals surface area contributed by atoms with E-state index in [2.05, 4.69) is 113 Å². The van der Waals surface area contributed by atoms with E-state index >= 15 is 0 Å². The zero-order valence-corrected chi connectivity index (χ0v) is 21.2. The van der Waals surface area contributed by atoms with Crippen LogP contribution in [0.5, 0.6) is 5.75 Å². The lowest BCUT2D eigenvalue weighted by molar-refractivity contribution is -0.104. The van der Waals surface area contributed by atoms with Crippen molar-refractivity contribution in [1.29, 1.82) is 0 Å². The Morgan fingerprint density at radius 3 is 2.06 bits per heavy atom. The van der Waals surface area contributed by atoms with Crippen LogP contribution in [0.4, 0.5) is 0 Å². The first-order valence-electron chi connectivity index (χ1n) is 11.9. The first kappa shape index (κ1) is 23.3. The average molecular weight is 455 g/mol. The van der Waals surface area contributed by atoms with Crippen LogP contribution in [0.25, 0.3) is 0 Å². The second-order valence-corrected chi connectivity index (χ2v) is 14.6. The van der Waals surface area contributed by atoms with Gasteiger partial charge < -0.3 is 4.43 Å². The number of fused-ring (bicyclic) bond motifs is 1. The fourth-order valence-electron chi connectivity index (χ4n) is 5.43. The molecule has 0 N–H and O–H groups in total. The third-order valence-electron chi connectivity index (χ3n) is 7.06. The molecule has 0 saturated heterocycles. The van der Waals surface area contributed by atoms with Crippen molar-refractivity contribution in [1.82, 2.24) is 0 Å². The zero-order valence-electron chi connectivity index (χ0n) is 20.2. The topological polar surface area (TPSA) is 26.3 Å². The Bertz CT molecular complexity index is 1090. The number of carbonyl (C=O) groups excluding carboxylic acids is 1. The van der Waals surface area contributed by atoms with Gasteiger partial charge in [0.25, 0.3) is 0 Å². The Morgan fingerprint density at radius 1 is 0.909 bits per heavy atom. The Morgan fingerprint density at radius 2 is 1.52 bits per heavy atom. The highest BCUT2D eigenvalue weighted by atomic mass is 28.4. The minimum atomic E-state index is -2.65. The summed E-state index contributed by atoms with van der Waals surface area (Å²) in [6.07, 6.45) is 7.77. The normalized spacial score (nSPS) is 18.7. The molecule has 0 fully saturated rings. The summed E-state index contributed by atoms with van der Waals surface area (Å²) >= 11 is 0. The molecule has 0 saturated carbocycles. The van der Waals surface area contributed by atoms with E-state index in [0.29, 0.717) is 0 Å². The van der Waals surface area contributed by atoms with Crippen LogP contribution in [0.3, 0.4) is 0 Å². The maximum absolute atomic E-state index is 11.0. The second kappa shape index (κ2) is 9.15. The zero-order chi connectivity index (χ0) is 23.5. The molecular weight excluding hydrogens is 420 g/mol. The van der Waals surface area contributed by atoms with Crippen LogP contribution >= 0.6 is 0 Å². The molecule has 0 aliphatic heterocycles. The second-order valence-electron chi connectivity index (χ2n) is 10.4. The van der Waals surface area contributed by atoms with Gasteiger partial charge in [0.15, 0.2) is 0 Å². The van der Waals surface area contributed by atoms with Gasteiger partial charge >= 0.3 is 8.32 Å². The van der Waals surface area contributed by atoms with Gasteiger partial charge in [-0.1, -0.05) is 101 Å². The maximum atomic E-state index is 11.0. The van der Waals surface area contributed by atoms with Gasteiger partial charge in [-0.05, 0) is 64.0 Å². The third kappa shape index (κ3) is 4.34. The molecule has 0 amide bonds. The smallest absolute Gasteiger partial charge is 0.319 e. The molecule has 3 heteroatoms. The quantitative estimate of drug-likeness (QED) is 0.260. The molecule has 3 aromatic rings. The van der Waals surface area contributed by atoms with Crippen molar-refractivity contribution >= 4 is 25.0 Å². The number of carbonyl (C=O) groups is 1. The Kier molecular flexibility index (Phi) is 6.44. The molecule has 1 aliphatic carbocycles. The van der Waals surface area contributed by atoms with Crippen LogP contribution in [-0.4, -0.2) is 14.6 Å². The van der Waals surface area contributed by atoms with Crippen molar-refractivity contribution in [3.05, 3.63) is 102 Å². The number of benzene rings is 3. The average Bonchev–Trinajstić information content (AvgIpc) is 2.82. The summed E-state index contributed by atoms with van der Waals surface area (Å²) in [5, 5.41) is 2.48. The van der Waals surface area contributed by atoms with E-state index in [1.165, 1.54) is 21.5 Å². The summed E-state index contributed by atoms with van der Waals surface area (Å²) in [5.74, 6) is 0.937. The van der Waals surface area contributed by atoms with Gasteiger partial charge in [-0.25, -0.2) is 0 Å². The lowest BCUT2D eigenvalue weighted by Crippen LogP contribution is -2.68. The van der Waals surface area contributed by atoms with E-state index in [9.17, 15) is 4.79 Å². The molecular formula is C30H34O2Si. The maximum Gasteiger partial charge on any atom is 0.319 e. The van der Waals surface area contributed by atoms with Crippen molar-refractivity contribution in [2.24, 2.45) is 0 Å². The number of aldehydes is 1. The fourth-order valence-corrected chi connectivity index (χ4v) is 9.84. The molecule has 0 heterocycles. The van der Waals surface area contributed by atoms with Crippen LogP contribution in [0, 0.1) is 0 Å². The number of aryl methyl sites for hydroxylation is 1. The van der Waals surface area contributed by atoms with Crippen LogP contribution in [-0.2, 0) is 16.6 Å². The highest BCUT2D eigenvalue weighted by Crippen LogP contribution is 2.42. The van der Waals surface area contributed by atoms with Gasteiger partial charge in [-0.15, -0.1) is 0 Å². The minimum Gasteiger partial charge on any atom is -0.534 e. The van der Waals surface area contributed by atoms with Crippen molar-refractivity contribution in [2.45, 2.75) is 57.4 Å². The van der Waals surface area contributed by atoms with E-state index < -0.39 is 8.32 Å². The van der Waals surface area contributed by atoms with Gasteiger partial charge in [-0.3, -0.25) is 4.79 Å². The molecule has 0 aromatic heterocycles. The summed E-state index contributed by atoms with van der Waals surface area (Å²) in [4.78, 5) is 11.0. The molecule has 3 aromatic carbocycles. The van der Waals surface area contributed by atoms with Gasteiger partial charge in [-0.2, -0.15) is 0 Å². The lowest BCUT2D eigenvalue weighted by Gasteiger charge is -2.43. The highest BCUT2D eigenvalue weighted by Gasteiger charge is 2.52. The molecule has 170 valence electrons. The Labute approximate surface area is 199 Å². The number of allylic oxidation sites excluding steroid dienone is 2. The molecule has 0 radical (unpaired) electrons. The summed E-state index contributed by atoms with van der Waals surface area (Å²) in [6, 6.07) is 28.1. The van der Waals surface area contributed by atoms with Crippen molar-refractivity contribution in [3.63, 3.8) is 0 Å². The first-order valence-corrected chi connectivity index (χ1v) is 13.8. The first-order chi connectivity index (χ1) is 15.8. The molecule has 0 spiro atoms.